The molecule has 1 fully saturated rings. The summed E-state index contributed by atoms with van der Waals surface area (Å²) in [4.78, 5) is 19.3. The third kappa shape index (κ3) is 6.38. The normalized spacial score (nSPS) is 13.6. The fraction of sp³-hybridized carbons (Fsp3) is 0.267. The van der Waals surface area contributed by atoms with Gasteiger partial charge in [0, 0.05) is 35.9 Å². The lowest BCUT2D eigenvalue weighted by Gasteiger charge is -2.26. The van der Waals surface area contributed by atoms with Crippen molar-refractivity contribution in [1.29, 1.82) is 0 Å². The van der Waals surface area contributed by atoms with Crippen LogP contribution in [0.25, 0.3) is 10.9 Å². The van der Waals surface area contributed by atoms with Gasteiger partial charge in [-0.15, -0.1) is 0 Å². The number of carbonyl (C=O) groups is 1. The van der Waals surface area contributed by atoms with Crippen LogP contribution in [0.4, 0.5) is 20.6 Å². The van der Waals surface area contributed by atoms with Crippen LogP contribution < -0.4 is 24.8 Å². The Morgan fingerprint density at radius 3 is 2.36 bits per heavy atom. The largest absolute Gasteiger partial charge is 0.493 e. The topological polar surface area (TPSA) is 85.0 Å². The first-order valence-corrected chi connectivity index (χ1v) is 12.9. The molecule has 3 aromatic carbocycles. The highest BCUT2D eigenvalue weighted by molar-refractivity contribution is 5.99. The van der Waals surface area contributed by atoms with E-state index >= 15 is 0 Å². The lowest BCUT2D eigenvalue weighted by Crippen LogP contribution is -2.29. The summed E-state index contributed by atoms with van der Waals surface area (Å²) in [6.07, 6.45) is 5.39. The number of benzene rings is 3. The zero-order valence-corrected chi connectivity index (χ0v) is 22.0. The zero-order valence-electron chi connectivity index (χ0n) is 22.0. The SMILES string of the molecule is COc1cc2nccc(Oc3ccc(NC(=O)Nc4ccc(CN5CCCCC5)cc4)c(F)c3)c2cc1OC. The molecule has 1 aliphatic heterocycles. The van der Waals surface area contributed by atoms with E-state index in [1.165, 1.54) is 37.0 Å². The van der Waals surface area contributed by atoms with Gasteiger partial charge in [-0.3, -0.25) is 9.88 Å². The van der Waals surface area contributed by atoms with Crippen LogP contribution in [0.5, 0.6) is 23.0 Å². The molecule has 1 saturated heterocycles. The predicted molar refractivity (Wildman–Crippen MR) is 150 cm³/mol. The van der Waals surface area contributed by atoms with Gasteiger partial charge < -0.3 is 24.8 Å². The number of urea groups is 1. The van der Waals surface area contributed by atoms with E-state index in [0.29, 0.717) is 33.8 Å². The number of pyridine rings is 1. The lowest BCUT2D eigenvalue weighted by atomic mass is 10.1. The number of piperidine rings is 1. The number of carbonyl (C=O) groups excluding carboxylic acids is 1. The van der Waals surface area contributed by atoms with Crippen molar-refractivity contribution in [3.63, 3.8) is 0 Å². The summed E-state index contributed by atoms with van der Waals surface area (Å²) in [5, 5.41) is 5.99. The van der Waals surface area contributed by atoms with E-state index in [1.807, 2.05) is 24.3 Å². The van der Waals surface area contributed by atoms with Gasteiger partial charge in [0.25, 0.3) is 0 Å². The van der Waals surface area contributed by atoms with Gasteiger partial charge in [0.2, 0.25) is 0 Å². The van der Waals surface area contributed by atoms with Gasteiger partial charge in [0.05, 0.1) is 25.4 Å². The molecule has 0 bridgehead atoms. The van der Waals surface area contributed by atoms with E-state index in [4.69, 9.17) is 14.2 Å². The van der Waals surface area contributed by atoms with Crippen LogP contribution in [0.3, 0.4) is 0 Å². The van der Waals surface area contributed by atoms with E-state index in [-0.39, 0.29) is 11.4 Å². The van der Waals surface area contributed by atoms with Gasteiger partial charge in [-0.05, 0) is 67.9 Å². The van der Waals surface area contributed by atoms with Gasteiger partial charge >= 0.3 is 6.03 Å². The number of hydrogen-bond donors (Lipinski definition) is 2. The predicted octanol–water partition coefficient (Wildman–Crippen LogP) is 6.81. The Hall–Kier alpha value is -4.37. The van der Waals surface area contributed by atoms with Crippen LogP contribution >= 0.6 is 0 Å². The van der Waals surface area contributed by atoms with Gasteiger partial charge in [-0.25, -0.2) is 9.18 Å². The van der Waals surface area contributed by atoms with Crippen molar-refractivity contribution in [3.8, 4) is 23.0 Å². The fourth-order valence-electron chi connectivity index (χ4n) is 4.68. The van der Waals surface area contributed by atoms with Gasteiger partial charge in [0.1, 0.15) is 17.3 Å². The molecule has 202 valence electrons. The minimum absolute atomic E-state index is 0.0348. The highest BCUT2D eigenvalue weighted by Gasteiger charge is 2.14. The van der Waals surface area contributed by atoms with E-state index in [2.05, 4.69) is 20.5 Å². The molecule has 1 aromatic heterocycles. The molecule has 5 rings (SSSR count). The summed E-state index contributed by atoms with van der Waals surface area (Å²) in [7, 11) is 3.10. The minimum atomic E-state index is -0.628. The van der Waals surface area contributed by atoms with Crippen LogP contribution in [0.1, 0.15) is 24.8 Å². The molecule has 39 heavy (non-hydrogen) atoms. The highest BCUT2D eigenvalue weighted by atomic mass is 19.1. The number of ether oxygens (including phenoxy) is 3. The van der Waals surface area contributed by atoms with E-state index in [9.17, 15) is 9.18 Å². The Morgan fingerprint density at radius 2 is 1.64 bits per heavy atom. The maximum Gasteiger partial charge on any atom is 0.323 e. The second kappa shape index (κ2) is 12.0. The molecular formula is C30H31FN4O4. The molecule has 2 N–H and O–H groups in total. The number of anilines is 2. The molecule has 0 radical (unpaired) electrons. The smallest absolute Gasteiger partial charge is 0.323 e. The Morgan fingerprint density at radius 1 is 0.897 bits per heavy atom. The zero-order chi connectivity index (χ0) is 27.2. The molecular weight excluding hydrogens is 499 g/mol. The molecule has 0 unspecified atom stereocenters. The Bertz CT molecular complexity index is 1460. The molecule has 4 aromatic rings. The van der Waals surface area contributed by atoms with E-state index < -0.39 is 11.8 Å². The number of amides is 2. The average molecular weight is 531 g/mol. The minimum Gasteiger partial charge on any atom is -0.493 e. The number of likely N-dealkylation sites (tertiary alicyclic amines) is 1. The number of fused-ring (bicyclic) bond motifs is 1. The summed E-state index contributed by atoms with van der Waals surface area (Å²) in [5.74, 6) is 1.18. The third-order valence-corrected chi connectivity index (χ3v) is 6.69. The molecule has 9 heteroatoms. The number of nitrogens with zero attached hydrogens (tertiary/aromatic N) is 2. The number of methoxy groups -OCH3 is 2. The van der Waals surface area contributed by atoms with Crippen LogP contribution in [-0.4, -0.2) is 43.2 Å². The average Bonchev–Trinajstić information content (AvgIpc) is 2.95. The number of aromatic nitrogens is 1. The number of halogens is 1. The Labute approximate surface area is 226 Å². The molecule has 8 nitrogen and oxygen atoms in total. The number of nitrogens with one attached hydrogen (secondary N) is 2. The van der Waals surface area contributed by atoms with Crippen LogP contribution in [0.2, 0.25) is 0 Å². The van der Waals surface area contributed by atoms with Gasteiger partial charge in [0.15, 0.2) is 11.5 Å². The highest BCUT2D eigenvalue weighted by Crippen LogP contribution is 2.37. The molecule has 0 atom stereocenters. The molecule has 1 aliphatic rings. The van der Waals surface area contributed by atoms with Gasteiger partial charge in [-0.2, -0.15) is 0 Å². The second-order valence-electron chi connectivity index (χ2n) is 9.39. The quantitative estimate of drug-likeness (QED) is 0.260. The van der Waals surface area contributed by atoms with Crippen molar-refractivity contribution in [3.05, 3.63) is 78.2 Å². The summed E-state index contributed by atoms with van der Waals surface area (Å²) < 4.78 is 31.6. The fourth-order valence-corrected chi connectivity index (χ4v) is 4.68. The first-order valence-electron chi connectivity index (χ1n) is 12.9. The maximum atomic E-state index is 14.9. The Kier molecular flexibility index (Phi) is 8.07. The van der Waals surface area contributed by atoms with Crippen molar-refractivity contribution < 1.29 is 23.4 Å². The van der Waals surface area contributed by atoms with Gasteiger partial charge in [-0.1, -0.05) is 18.6 Å². The monoisotopic (exact) mass is 530 g/mol. The van der Waals surface area contributed by atoms with Crippen LogP contribution in [-0.2, 0) is 6.54 Å². The molecule has 0 spiro atoms. The molecule has 2 amide bonds. The van der Waals surface area contributed by atoms with Crippen molar-refractivity contribution >= 4 is 28.3 Å². The summed E-state index contributed by atoms with van der Waals surface area (Å²) in [5.41, 5.74) is 2.50. The molecule has 0 aliphatic carbocycles. The summed E-state index contributed by atoms with van der Waals surface area (Å²) >= 11 is 0. The third-order valence-electron chi connectivity index (χ3n) is 6.69. The first kappa shape index (κ1) is 26.2. The van der Waals surface area contributed by atoms with Crippen molar-refractivity contribution in [2.75, 3.05) is 37.9 Å². The van der Waals surface area contributed by atoms with Crippen molar-refractivity contribution in [2.24, 2.45) is 0 Å². The van der Waals surface area contributed by atoms with Crippen molar-refractivity contribution in [1.82, 2.24) is 9.88 Å². The maximum absolute atomic E-state index is 14.9. The van der Waals surface area contributed by atoms with Crippen LogP contribution in [0, 0.1) is 5.82 Å². The first-order chi connectivity index (χ1) is 19.0. The number of rotatable bonds is 8. The summed E-state index contributed by atoms with van der Waals surface area (Å²) in [6, 6.07) is 16.6. The van der Waals surface area contributed by atoms with Crippen LogP contribution in [0.15, 0.2) is 66.9 Å². The second-order valence-corrected chi connectivity index (χ2v) is 9.39. The van der Waals surface area contributed by atoms with E-state index in [1.54, 1.807) is 44.7 Å². The molecule has 0 saturated carbocycles. The Balaban J connectivity index is 1.22. The standard InChI is InChI=1S/C30H31FN4O4/c1-37-28-17-23-26(18-29(28)38-2)32-13-12-27(23)39-22-10-11-25(24(31)16-22)34-30(36)33-21-8-6-20(7-9-21)19-35-14-4-3-5-15-35/h6-13,16-18H,3-5,14-15,19H2,1-2H3,(H2,33,34,36). The lowest BCUT2D eigenvalue weighted by molar-refractivity contribution is 0.221. The van der Waals surface area contributed by atoms with Crippen molar-refractivity contribution in [2.45, 2.75) is 25.8 Å². The molecule has 2 heterocycles. The summed E-state index contributed by atoms with van der Waals surface area (Å²) in [6.45, 7) is 3.16. The number of hydrogen-bond acceptors (Lipinski definition) is 6. The van der Waals surface area contributed by atoms with E-state index in [0.717, 1.165) is 19.6 Å².